The van der Waals surface area contributed by atoms with Crippen LogP contribution >= 0.6 is 31.9 Å². The second-order valence-corrected chi connectivity index (χ2v) is 6.12. The smallest absolute Gasteiger partial charge is 0.337 e. The summed E-state index contributed by atoms with van der Waals surface area (Å²) in [6.07, 6.45) is 2.37. The van der Waals surface area contributed by atoms with Crippen LogP contribution in [-0.4, -0.2) is 23.0 Å². The molecule has 0 saturated carbocycles. The van der Waals surface area contributed by atoms with Crippen molar-refractivity contribution in [1.82, 2.24) is 0 Å². The summed E-state index contributed by atoms with van der Waals surface area (Å²) in [5, 5.41) is 11.8. The Morgan fingerprint density at radius 3 is 2.60 bits per heavy atom. The molecule has 0 unspecified atom stereocenters. The summed E-state index contributed by atoms with van der Waals surface area (Å²) in [7, 11) is 0. The Morgan fingerprint density at radius 2 is 2.05 bits per heavy atom. The van der Waals surface area contributed by atoms with Gasteiger partial charge in [0.2, 0.25) is 5.91 Å². The molecule has 0 aromatic heterocycles. The lowest BCUT2D eigenvalue weighted by Gasteiger charge is -2.15. The molecular formula is C13H16Br2N2O3. The lowest BCUT2D eigenvalue weighted by atomic mass is 10.1. The van der Waals surface area contributed by atoms with Gasteiger partial charge >= 0.3 is 5.97 Å². The number of carboxylic acids is 1. The molecule has 0 heterocycles. The summed E-state index contributed by atoms with van der Waals surface area (Å²) in [6.45, 7) is 2.01. The van der Waals surface area contributed by atoms with E-state index in [1.165, 1.54) is 6.07 Å². The molecule has 1 aromatic carbocycles. The predicted molar refractivity (Wildman–Crippen MR) is 84.9 cm³/mol. The zero-order chi connectivity index (χ0) is 15.3. The number of unbranched alkanes of at least 4 members (excludes halogenated alkanes) is 1. The summed E-state index contributed by atoms with van der Waals surface area (Å²) in [6, 6.07) is 2.45. The van der Waals surface area contributed by atoms with Crippen LogP contribution in [0, 0.1) is 0 Å². The van der Waals surface area contributed by atoms with E-state index in [9.17, 15) is 14.7 Å². The number of benzene rings is 1. The van der Waals surface area contributed by atoms with Crippen LogP contribution in [0.25, 0.3) is 0 Å². The summed E-state index contributed by atoms with van der Waals surface area (Å²) in [5.41, 5.74) is 6.00. The first-order valence-electron chi connectivity index (χ1n) is 6.15. The topological polar surface area (TPSA) is 92.4 Å². The van der Waals surface area contributed by atoms with Crippen LogP contribution in [0.3, 0.4) is 0 Å². The highest BCUT2D eigenvalue weighted by Crippen LogP contribution is 2.31. The fourth-order valence-electron chi connectivity index (χ4n) is 1.64. The number of hydrogen-bond donors (Lipinski definition) is 3. The quantitative estimate of drug-likeness (QED) is 0.673. The minimum atomic E-state index is -1.12. The lowest BCUT2D eigenvalue weighted by Crippen LogP contribution is -2.36. The van der Waals surface area contributed by atoms with Crippen LogP contribution in [0.2, 0.25) is 0 Å². The molecule has 5 nitrogen and oxygen atoms in total. The Hall–Kier alpha value is -0.920. The number of rotatable bonds is 6. The number of nitrogens with one attached hydrogen (secondary N) is 1. The molecule has 0 bridgehead atoms. The van der Waals surface area contributed by atoms with Crippen molar-refractivity contribution in [1.29, 1.82) is 0 Å². The number of hydrogen-bond acceptors (Lipinski definition) is 3. The Labute approximate surface area is 134 Å². The van der Waals surface area contributed by atoms with Crippen molar-refractivity contribution in [3.8, 4) is 0 Å². The molecule has 1 aromatic rings. The average Bonchev–Trinajstić information content (AvgIpc) is 2.38. The standard InChI is InChI=1S/C13H16Br2N2O3/c1-2-3-4-10(16)12(18)17-11-8(13(19)20)5-7(14)6-9(11)15/h5-6,10H,2-4,16H2,1H3,(H,17,18)(H,19,20)/t10-/m0/s1. The fourth-order valence-corrected chi connectivity index (χ4v) is 2.96. The Morgan fingerprint density at radius 1 is 1.40 bits per heavy atom. The van der Waals surface area contributed by atoms with Crippen LogP contribution in [0.5, 0.6) is 0 Å². The number of aromatic carboxylic acids is 1. The molecule has 1 amide bonds. The molecule has 0 aliphatic carbocycles. The van der Waals surface area contributed by atoms with E-state index in [0.717, 1.165) is 12.8 Å². The number of amides is 1. The first-order chi connectivity index (χ1) is 9.36. The number of halogens is 2. The Bertz CT molecular complexity index is 521. The minimum absolute atomic E-state index is 0.00212. The SMILES string of the molecule is CCCC[C@H](N)C(=O)Nc1c(Br)cc(Br)cc1C(=O)O. The zero-order valence-electron chi connectivity index (χ0n) is 11.0. The lowest BCUT2D eigenvalue weighted by molar-refractivity contribution is -0.117. The zero-order valence-corrected chi connectivity index (χ0v) is 14.1. The highest BCUT2D eigenvalue weighted by molar-refractivity contribution is 9.11. The molecule has 4 N–H and O–H groups in total. The maximum atomic E-state index is 12.0. The maximum absolute atomic E-state index is 12.0. The molecule has 20 heavy (non-hydrogen) atoms. The molecule has 7 heteroatoms. The van der Waals surface area contributed by atoms with E-state index >= 15 is 0 Å². The molecule has 0 aliphatic heterocycles. The van der Waals surface area contributed by atoms with Crippen molar-refractivity contribution in [2.24, 2.45) is 5.73 Å². The molecule has 110 valence electrons. The van der Waals surface area contributed by atoms with Gasteiger partial charge in [-0.2, -0.15) is 0 Å². The van der Waals surface area contributed by atoms with E-state index in [0.29, 0.717) is 15.4 Å². The first kappa shape index (κ1) is 17.1. The van der Waals surface area contributed by atoms with Gasteiger partial charge < -0.3 is 16.2 Å². The van der Waals surface area contributed by atoms with Crippen LogP contribution in [0.4, 0.5) is 5.69 Å². The fraction of sp³-hybridized carbons (Fsp3) is 0.385. The van der Waals surface area contributed by atoms with E-state index in [4.69, 9.17) is 5.73 Å². The minimum Gasteiger partial charge on any atom is -0.478 e. The molecule has 1 atom stereocenters. The molecule has 0 radical (unpaired) electrons. The van der Waals surface area contributed by atoms with Gasteiger partial charge in [0.15, 0.2) is 0 Å². The van der Waals surface area contributed by atoms with Crippen molar-refractivity contribution in [2.75, 3.05) is 5.32 Å². The highest BCUT2D eigenvalue weighted by atomic mass is 79.9. The third-order valence-corrected chi connectivity index (χ3v) is 3.82. The molecule has 1 rings (SSSR count). The normalized spacial score (nSPS) is 12.0. The summed E-state index contributed by atoms with van der Waals surface area (Å²) in [5.74, 6) is -1.51. The van der Waals surface area contributed by atoms with Crippen molar-refractivity contribution in [3.63, 3.8) is 0 Å². The van der Waals surface area contributed by atoms with E-state index in [2.05, 4.69) is 37.2 Å². The molecule has 0 aliphatic rings. The largest absolute Gasteiger partial charge is 0.478 e. The van der Waals surface area contributed by atoms with Gasteiger partial charge in [-0.1, -0.05) is 35.7 Å². The van der Waals surface area contributed by atoms with Gasteiger partial charge in [0.25, 0.3) is 0 Å². The van der Waals surface area contributed by atoms with Crippen LogP contribution in [-0.2, 0) is 4.79 Å². The van der Waals surface area contributed by atoms with E-state index < -0.39 is 12.0 Å². The summed E-state index contributed by atoms with van der Waals surface area (Å²) < 4.78 is 1.09. The van der Waals surface area contributed by atoms with Gasteiger partial charge in [-0.25, -0.2) is 4.79 Å². The Balaban J connectivity index is 2.97. The number of carbonyl (C=O) groups excluding carboxylic acids is 1. The highest BCUT2D eigenvalue weighted by Gasteiger charge is 2.19. The van der Waals surface area contributed by atoms with Gasteiger partial charge in [-0.3, -0.25) is 4.79 Å². The van der Waals surface area contributed by atoms with Crippen LogP contribution in [0.15, 0.2) is 21.1 Å². The van der Waals surface area contributed by atoms with Crippen molar-refractivity contribution in [3.05, 3.63) is 26.6 Å². The van der Waals surface area contributed by atoms with Crippen molar-refractivity contribution >= 4 is 49.4 Å². The number of anilines is 1. The van der Waals surface area contributed by atoms with Gasteiger partial charge in [0.1, 0.15) is 0 Å². The van der Waals surface area contributed by atoms with Crippen LogP contribution in [0.1, 0.15) is 36.5 Å². The predicted octanol–water partition coefficient (Wildman–Crippen LogP) is 3.37. The third kappa shape index (κ3) is 4.57. The third-order valence-electron chi connectivity index (χ3n) is 2.74. The van der Waals surface area contributed by atoms with Gasteiger partial charge in [0, 0.05) is 8.95 Å². The first-order valence-corrected chi connectivity index (χ1v) is 7.74. The molecule has 0 spiro atoms. The van der Waals surface area contributed by atoms with Crippen molar-refractivity contribution < 1.29 is 14.7 Å². The summed E-state index contributed by atoms with van der Waals surface area (Å²) >= 11 is 6.46. The maximum Gasteiger partial charge on any atom is 0.337 e. The van der Waals surface area contributed by atoms with Gasteiger partial charge in [-0.15, -0.1) is 0 Å². The average molecular weight is 408 g/mol. The molecule has 0 fully saturated rings. The molecular weight excluding hydrogens is 392 g/mol. The number of carbonyl (C=O) groups is 2. The number of nitrogens with two attached hydrogens (primary N) is 1. The van der Waals surface area contributed by atoms with Gasteiger partial charge in [-0.05, 0) is 34.5 Å². The van der Waals surface area contributed by atoms with E-state index in [-0.39, 0.29) is 17.2 Å². The summed E-state index contributed by atoms with van der Waals surface area (Å²) in [4.78, 5) is 23.2. The van der Waals surface area contributed by atoms with Gasteiger partial charge in [0.05, 0.1) is 17.3 Å². The second kappa shape index (κ2) is 7.75. The van der Waals surface area contributed by atoms with E-state index in [1.807, 2.05) is 6.92 Å². The van der Waals surface area contributed by atoms with E-state index in [1.54, 1.807) is 6.07 Å². The molecule has 0 saturated heterocycles. The monoisotopic (exact) mass is 406 g/mol. The number of carboxylic acid groups (broad SMARTS) is 1. The van der Waals surface area contributed by atoms with Crippen molar-refractivity contribution in [2.45, 2.75) is 32.2 Å². The van der Waals surface area contributed by atoms with Crippen LogP contribution < -0.4 is 11.1 Å². The second-order valence-electron chi connectivity index (χ2n) is 4.35. The Kier molecular flexibility index (Phi) is 6.64.